The van der Waals surface area contributed by atoms with Gasteiger partial charge in [0.15, 0.2) is 0 Å². The Morgan fingerprint density at radius 2 is 1.79 bits per heavy atom. The van der Waals surface area contributed by atoms with E-state index < -0.39 is 5.97 Å². The number of nitrogens with zero attached hydrogens (tertiary/aromatic N) is 1. The van der Waals surface area contributed by atoms with Gasteiger partial charge in [0.05, 0.1) is 6.54 Å². The molecule has 0 rings (SSSR count). The standard InChI is InChI=1S/C11H23NO2/c1-6-10(8(2)3)12(9(4)5)7-11(13)14/h8-10H,6-7H2,1-5H3,(H,13,14). The Morgan fingerprint density at radius 3 is 2.00 bits per heavy atom. The molecule has 0 radical (unpaired) electrons. The zero-order valence-corrected chi connectivity index (χ0v) is 9.95. The van der Waals surface area contributed by atoms with Crippen molar-refractivity contribution in [3.63, 3.8) is 0 Å². The molecule has 1 unspecified atom stereocenters. The van der Waals surface area contributed by atoms with Gasteiger partial charge in [-0.05, 0) is 26.2 Å². The maximum Gasteiger partial charge on any atom is 0.317 e. The van der Waals surface area contributed by atoms with E-state index in [0.717, 1.165) is 6.42 Å². The summed E-state index contributed by atoms with van der Waals surface area (Å²) in [5.74, 6) is -0.237. The van der Waals surface area contributed by atoms with E-state index in [1.165, 1.54) is 0 Å². The number of hydrogen-bond donors (Lipinski definition) is 1. The summed E-state index contributed by atoms with van der Waals surface area (Å²) >= 11 is 0. The van der Waals surface area contributed by atoms with Crippen molar-refractivity contribution in [1.82, 2.24) is 4.90 Å². The first kappa shape index (κ1) is 13.4. The molecule has 3 nitrogen and oxygen atoms in total. The second-order valence-corrected chi connectivity index (χ2v) is 4.38. The molecule has 14 heavy (non-hydrogen) atoms. The minimum Gasteiger partial charge on any atom is -0.480 e. The molecule has 0 aliphatic carbocycles. The van der Waals surface area contributed by atoms with Crippen LogP contribution in [0.25, 0.3) is 0 Å². The van der Waals surface area contributed by atoms with Gasteiger partial charge in [0.1, 0.15) is 0 Å². The van der Waals surface area contributed by atoms with E-state index in [1.54, 1.807) is 0 Å². The highest BCUT2D eigenvalue weighted by Crippen LogP contribution is 2.16. The lowest BCUT2D eigenvalue weighted by Gasteiger charge is -2.35. The highest BCUT2D eigenvalue weighted by molar-refractivity contribution is 5.69. The highest BCUT2D eigenvalue weighted by atomic mass is 16.4. The maximum atomic E-state index is 10.7. The zero-order chi connectivity index (χ0) is 11.3. The molecule has 0 aromatic heterocycles. The molecule has 0 heterocycles. The molecule has 84 valence electrons. The van der Waals surface area contributed by atoms with Gasteiger partial charge in [0.2, 0.25) is 0 Å². The molecule has 0 fully saturated rings. The molecular weight excluding hydrogens is 178 g/mol. The van der Waals surface area contributed by atoms with E-state index in [1.807, 2.05) is 13.8 Å². The topological polar surface area (TPSA) is 40.5 Å². The third kappa shape index (κ3) is 4.09. The first-order valence-electron chi connectivity index (χ1n) is 5.37. The average molecular weight is 201 g/mol. The predicted octanol–water partition coefficient (Wildman–Crippen LogP) is 2.22. The van der Waals surface area contributed by atoms with E-state index in [4.69, 9.17) is 5.11 Å². The quantitative estimate of drug-likeness (QED) is 0.716. The van der Waals surface area contributed by atoms with Crippen molar-refractivity contribution >= 4 is 5.97 Å². The third-order valence-electron chi connectivity index (χ3n) is 2.59. The lowest BCUT2D eigenvalue weighted by Crippen LogP contribution is -2.45. The van der Waals surface area contributed by atoms with Crippen LogP contribution in [-0.4, -0.2) is 34.6 Å². The van der Waals surface area contributed by atoms with Gasteiger partial charge in [0, 0.05) is 12.1 Å². The van der Waals surface area contributed by atoms with Crippen LogP contribution in [0.15, 0.2) is 0 Å². The second-order valence-electron chi connectivity index (χ2n) is 4.38. The lowest BCUT2D eigenvalue weighted by atomic mass is 9.98. The predicted molar refractivity (Wildman–Crippen MR) is 58.4 cm³/mol. The Balaban J connectivity index is 4.51. The number of carbonyl (C=O) groups is 1. The molecule has 3 heteroatoms. The van der Waals surface area contributed by atoms with Crippen LogP contribution in [0, 0.1) is 5.92 Å². The van der Waals surface area contributed by atoms with Crippen molar-refractivity contribution in [3.8, 4) is 0 Å². The van der Waals surface area contributed by atoms with Gasteiger partial charge in [-0.2, -0.15) is 0 Å². The first-order chi connectivity index (χ1) is 6.40. The molecule has 0 aromatic carbocycles. The lowest BCUT2D eigenvalue weighted by molar-refractivity contribution is -0.139. The number of carboxylic acid groups (broad SMARTS) is 1. The Bertz CT molecular complexity index is 178. The van der Waals surface area contributed by atoms with E-state index in [2.05, 4.69) is 25.7 Å². The normalized spacial score (nSPS) is 14.0. The van der Waals surface area contributed by atoms with Crippen LogP contribution in [-0.2, 0) is 4.79 Å². The van der Waals surface area contributed by atoms with Crippen LogP contribution >= 0.6 is 0 Å². The van der Waals surface area contributed by atoms with Crippen molar-refractivity contribution in [2.24, 2.45) is 5.92 Å². The Kier molecular flexibility index (Phi) is 5.77. The fourth-order valence-electron chi connectivity index (χ4n) is 1.93. The van der Waals surface area contributed by atoms with E-state index >= 15 is 0 Å². The fraction of sp³-hybridized carbons (Fsp3) is 0.909. The molecule has 1 atom stereocenters. The van der Waals surface area contributed by atoms with Crippen LogP contribution in [0.2, 0.25) is 0 Å². The largest absolute Gasteiger partial charge is 0.480 e. The molecule has 0 spiro atoms. The van der Waals surface area contributed by atoms with Gasteiger partial charge in [0.25, 0.3) is 0 Å². The highest BCUT2D eigenvalue weighted by Gasteiger charge is 2.24. The SMILES string of the molecule is CCC(C(C)C)N(CC(=O)O)C(C)C. The van der Waals surface area contributed by atoms with Gasteiger partial charge in [-0.3, -0.25) is 9.69 Å². The van der Waals surface area contributed by atoms with Crippen molar-refractivity contribution in [1.29, 1.82) is 0 Å². The van der Waals surface area contributed by atoms with Crippen molar-refractivity contribution in [2.75, 3.05) is 6.54 Å². The number of aliphatic carboxylic acids is 1. The van der Waals surface area contributed by atoms with E-state index in [0.29, 0.717) is 18.0 Å². The second kappa shape index (κ2) is 6.02. The van der Waals surface area contributed by atoms with Gasteiger partial charge in [-0.1, -0.05) is 20.8 Å². The number of hydrogen-bond acceptors (Lipinski definition) is 2. The minimum atomic E-state index is -0.738. The molecule has 0 amide bonds. The number of rotatable bonds is 6. The van der Waals surface area contributed by atoms with Crippen molar-refractivity contribution in [3.05, 3.63) is 0 Å². The first-order valence-corrected chi connectivity index (χ1v) is 5.37. The Labute approximate surface area is 87.1 Å². The summed E-state index contributed by atoms with van der Waals surface area (Å²) in [7, 11) is 0. The monoisotopic (exact) mass is 201 g/mol. The van der Waals surface area contributed by atoms with Crippen LogP contribution < -0.4 is 0 Å². The zero-order valence-electron chi connectivity index (χ0n) is 9.95. The van der Waals surface area contributed by atoms with Gasteiger partial charge in [-0.15, -0.1) is 0 Å². The van der Waals surface area contributed by atoms with Crippen LogP contribution in [0.3, 0.4) is 0 Å². The fourth-order valence-corrected chi connectivity index (χ4v) is 1.93. The van der Waals surface area contributed by atoms with Gasteiger partial charge >= 0.3 is 5.97 Å². The molecule has 0 saturated carbocycles. The molecule has 0 aliphatic heterocycles. The van der Waals surface area contributed by atoms with E-state index in [-0.39, 0.29) is 6.54 Å². The Hall–Kier alpha value is -0.570. The van der Waals surface area contributed by atoms with Crippen LogP contribution in [0.5, 0.6) is 0 Å². The number of carboxylic acids is 1. The Morgan fingerprint density at radius 1 is 1.29 bits per heavy atom. The van der Waals surface area contributed by atoms with Crippen molar-refractivity contribution < 1.29 is 9.90 Å². The summed E-state index contributed by atoms with van der Waals surface area (Å²) in [5, 5.41) is 8.82. The summed E-state index contributed by atoms with van der Waals surface area (Å²) in [6, 6.07) is 0.657. The van der Waals surface area contributed by atoms with Crippen LogP contribution in [0.4, 0.5) is 0 Å². The van der Waals surface area contributed by atoms with Gasteiger partial charge in [-0.25, -0.2) is 0 Å². The molecule has 0 bridgehead atoms. The molecular formula is C11H23NO2. The summed E-state index contributed by atoms with van der Waals surface area (Å²) in [4.78, 5) is 12.8. The van der Waals surface area contributed by atoms with Crippen molar-refractivity contribution in [2.45, 2.75) is 53.1 Å². The smallest absolute Gasteiger partial charge is 0.317 e. The maximum absolute atomic E-state index is 10.7. The molecule has 0 aromatic rings. The molecule has 0 aliphatic rings. The third-order valence-corrected chi connectivity index (χ3v) is 2.59. The molecule has 0 saturated heterocycles. The molecule has 1 N–H and O–H groups in total. The summed E-state index contributed by atoms with van der Waals surface area (Å²) < 4.78 is 0. The van der Waals surface area contributed by atoms with E-state index in [9.17, 15) is 4.79 Å². The average Bonchev–Trinajstić information content (AvgIpc) is 2.02. The van der Waals surface area contributed by atoms with Gasteiger partial charge < -0.3 is 5.11 Å². The summed E-state index contributed by atoms with van der Waals surface area (Å²) in [5.41, 5.74) is 0. The van der Waals surface area contributed by atoms with Crippen LogP contribution in [0.1, 0.15) is 41.0 Å². The summed E-state index contributed by atoms with van der Waals surface area (Å²) in [6.45, 7) is 10.6. The minimum absolute atomic E-state index is 0.147. The summed E-state index contributed by atoms with van der Waals surface area (Å²) in [6.07, 6.45) is 1.00.